The van der Waals surface area contributed by atoms with Crippen molar-refractivity contribution < 1.29 is 13.9 Å². The molecule has 35 heavy (non-hydrogen) atoms. The van der Waals surface area contributed by atoms with E-state index in [4.69, 9.17) is 18.9 Å². The molecule has 182 valence electrons. The molecule has 0 amide bonds. The number of ether oxygens (including phenoxy) is 2. The van der Waals surface area contributed by atoms with E-state index in [1.54, 1.807) is 25.3 Å². The highest BCUT2D eigenvalue weighted by atomic mass is 32.1. The Morgan fingerprint density at radius 2 is 1.83 bits per heavy atom. The lowest BCUT2D eigenvalue weighted by atomic mass is 9.91. The topological polar surface area (TPSA) is 47.7 Å². The second-order valence-corrected chi connectivity index (χ2v) is 10.2. The van der Waals surface area contributed by atoms with Crippen molar-refractivity contribution in [2.45, 2.75) is 46.2 Å². The summed E-state index contributed by atoms with van der Waals surface area (Å²) in [5, 5.41) is 0. The molecule has 0 fully saturated rings. The van der Waals surface area contributed by atoms with Crippen molar-refractivity contribution >= 4 is 11.3 Å². The van der Waals surface area contributed by atoms with Crippen LogP contribution in [0, 0.1) is 13.8 Å². The van der Waals surface area contributed by atoms with Gasteiger partial charge < -0.3 is 13.9 Å². The first-order chi connectivity index (χ1) is 17.0. The predicted octanol–water partition coefficient (Wildman–Crippen LogP) is 6.75. The Hall–Kier alpha value is -3.09. The number of hydrogen-bond acceptors (Lipinski definition) is 6. The summed E-state index contributed by atoms with van der Waals surface area (Å²) in [6.07, 6.45) is 2.17. The Labute approximate surface area is 211 Å². The first-order valence-corrected chi connectivity index (χ1v) is 12.9. The monoisotopic (exact) mass is 488 g/mol. The van der Waals surface area contributed by atoms with Crippen molar-refractivity contribution in [2.75, 3.05) is 20.8 Å². The van der Waals surface area contributed by atoms with Crippen LogP contribution in [0.2, 0.25) is 0 Å². The first kappa shape index (κ1) is 23.6. The van der Waals surface area contributed by atoms with E-state index in [1.807, 2.05) is 36.5 Å². The van der Waals surface area contributed by atoms with Crippen molar-refractivity contribution in [3.63, 3.8) is 0 Å². The number of rotatable bonds is 7. The maximum absolute atomic E-state index is 6.13. The van der Waals surface area contributed by atoms with Crippen LogP contribution >= 0.6 is 11.3 Å². The molecular formula is C29H32N2O3S. The summed E-state index contributed by atoms with van der Waals surface area (Å²) in [7, 11) is 3.27. The lowest BCUT2D eigenvalue weighted by Crippen LogP contribution is -2.35. The molecule has 1 unspecified atom stereocenters. The molecule has 0 N–H and O–H groups in total. The van der Waals surface area contributed by atoms with Crippen molar-refractivity contribution in [1.29, 1.82) is 0 Å². The number of aryl methyl sites for hydroxylation is 2. The Kier molecular flexibility index (Phi) is 6.67. The second-order valence-electron chi connectivity index (χ2n) is 8.96. The van der Waals surface area contributed by atoms with Crippen molar-refractivity contribution in [2.24, 2.45) is 0 Å². The molecule has 0 radical (unpaired) electrons. The molecule has 2 aromatic heterocycles. The number of aromatic nitrogens is 1. The summed E-state index contributed by atoms with van der Waals surface area (Å²) in [5.41, 5.74) is 6.28. The van der Waals surface area contributed by atoms with Crippen LogP contribution in [-0.4, -0.2) is 30.6 Å². The zero-order valence-corrected chi connectivity index (χ0v) is 21.9. The van der Waals surface area contributed by atoms with Gasteiger partial charge in [-0.2, -0.15) is 0 Å². The molecule has 0 saturated carbocycles. The number of benzene rings is 2. The molecule has 3 heterocycles. The molecule has 0 bridgehead atoms. The van der Waals surface area contributed by atoms with Gasteiger partial charge >= 0.3 is 0 Å². The van der Waals surface area contributed by atoms with Gasteiger partial charge in [0.15, 0.2) is 11.5 Å². The fraction of sp³-hybridized carbons (Fsp3) is 0.345. The number of nitrogens with zero attached hydrogens (tertiary/aromatic N) is 2. The van der Waals surface area contributed by atoms with Gasteiger partial charge in [-0.3, -0.25) is 4.90 Å². The smallest absolute Gasteiger partial charge is 0.226 e. The quantitative estimate of drug-likeness (QED) is 0.288. The molecule has 5 rings (SSSR count). The molecular weight excluding hydrogens is 456 g/mol. The molecule has 6 heteroatoms. The number of thiophene rings is 1. The minimum absolute atomic E-state index is 0.226. The van der Waals surface area contributed by atoms with Crippen LogP contribution in [0.15, 0.2) is 52.9 Å². The van der Waals surface area contributed by atoms with E-state index in [0.29, 0.717) is 17.4 Å². The highest BCUT2D eigenvalue weighted by molar-refractivity contribution is 7.12. The normalized spacial score (nSPS) is 15.7. The van der Waals surface area contributed by atoms with Crippen LogP contribution in [0.3, 0.4) is 0 Å². The zero-order chi connectivity index (χ0) is 24.5. The number of hydrogen-bond donors (Lipinski definition) is 0. The molecule has 1 aliphatic rings. The van der Waals surface area contributed by atoms with Crippen LogP contribution in [0.5, 0.6) is 11.5 Å². The second kappa shape index (κ2) is 9.88. The molecule has 0 aliphatic carbocycles. The van der Waals surface area contributed by atoms with Crippen molar-refractivity contribution in [1.82, 2.24) is 9.88 Å². The molecule has 2 aromatic carbocycles. The summed E-state index contributed by atoms with van der Waals surface area (Å²) < 4.78 is 17.0. The van der Waals surface area contributed by atoms with Gasteiger partial charge in [0.2, 0.25) is 5.89 Å². The van der Waals surface area contributed by atoms with Crippen LogP contribution in [0.1, 0.15) is 50.9 Å². The van der Waals surface area contributed by atoms with E-state index in [0.717, 1.165) is 42.9 Å². The van der Waals surface area contributed by atoms with E-state index < -0.39 is 0 Å². The lowest BCUT2D eigenvalue weighted by molar-refractivity contribution is 0.204. The summed E-state index contributed by atoms with van der Waals surface area (Å²) in [6.45, 7) is 8.27. The Bertz CT molecular complexity index is 1330. The summed E-state index contributed by atoms with van der Waals surface area (Å²) in [4.78, 5) is 10.4. The molecule has 1 aliphatic heterocycles. The highest BCUT2D eigenvalue weighted by Crippen LogP contribution is 2.43. The van der Waals surface area contributed by atoms with Gasteiger partial charge in [-0.25, -0.2) is 4.98 Å². The fourth-order valence-electron chi connectivity index (χ4n) is 5.18. The number of oxazole rings is 1. The predicted molar refractivity (Wildman–Crippen MR) is 141 cm³/mol. The van der Waals surface area contributed by atoms with Crippen LogP contribution < -0.4 is 9.47 Å². The molecule has 5 nitrogen and oxygen atoms in total. The van der Waals surface area contributed by atoms with Gasteiger partial charge in [-0.05, 0) is 61.6 Å². The molecule has 0 spiro atoms. The third kappa shape index (κ3) is 4.37. The average molecular weight is 489 g/mol. The molecule has 4 aromatic rings. The average Bonchev–Trinajstić information content (AvgIpc) is 3.42. The largest absolute Gasteiger partial charge is 0.493 e. The van der Waals surface area contributed by atoms with Crippen LogP contribution in [0.25, 0.3) is 11.5 Å². The third-order valence-corrected chi connectivity index (χ3v) is 8.20. The SMILES string of the molecule is CCc1c(C)sc2c1CCN(Cc1nc(-c3ccc(OC)c(OC)c3)oc1C)C2c1ccccc1. The molecule has 1 atom stereocenters. The number of fused-ring (bicyclic) bond motifs is 1. The van der Waals surface area contributed by atoms with Crippen molar-refractivity contribution in [3.8, 4) is 23.0 Å². The Balaban J connectivity index is 1.49. The summed E-state index contributed by atoms with van der Waals surface area (Å²) >= 11 is 1.96. The zero-order valence-electron chi connectivity index (χ0n) is 21.1. The van der Waals surface area contributed by atoms with Gasteiger partial charge in [0.05, 0.1) is 26.0 Å². The number of methoxy groups -OCH3 is 2. The van der Waals surface area contributed by atoms with Gasteiger partial charge in [-0.15, -0.1) is 11.3 Å². The minimum Gasteiger partial charge on any atom is -0.493 e. The minimum atomic E-state index is 0.226. The van der Waals surface area contributed by atoms with E-state index in [9.17, 15) is 0 Å². The Morgan fingerprint density at radius 3 is 2.54 bits per heavy atom. The van der Waals surface area contributed by atoms with Gasteiger partial charge in [0.25, 0.3) is 0 Å². The van der Waals surface area contributed by atoms with E-state index in [2.05, 4.69) is 49.1 Å². The fourth-order valence-corrected chi connectivity index (χ4v) is 6.65. The Morgan fingerprint density at radius 1 is 1.06 bits per heavy atom. The van der Waals surface area contributed by atoms with Crippen LogP contribution in [-0.2, 0) is 19.4 Å². The molecule has 0 saturated heterocycles. The maximum Gasteiger partial charge on any atom is 0.226 e. The third-order valence-electron chi connectivity index (χ3n) is 6.96. The summed E-state index contributed by atoms with van der Waals surface area (Å²) in [5.74, 6) is 2.80. The van der Waals surface area contributed by atoms with Crippen molar-refractivity contribution in [3.05, 3.63) is 86.4 Å². The van der Waals surface area contributed by atoms with Gasteiger partial charge in [0.1, 0.15) is 5.76 Å². The van der Waals surface area contributed by atoms with E-state index >= 15 is 0 Å². The van der Waals surface area contributed by atoms with E-state index in [1.165, 1.54) is 15.3 Å². The summed E-state index contributed by atoms with van der Waals surface area (Å²) in [6, 6.07) is 16.8. The standard InChI is InChI=1S/C29H32N2O3S/c1-6-22-19(3)35-28-23(22)14-15-31(27(28)20-10-8-7-9-11-20)17-24-18(2)34-29(30-24)21-12-13-25(32-4)26(16-21)33-5/h7-13,16,27H,6,14-15,17H2,1-5H3. The first-order valence-electron chi connectivity index (χ1n) is 12.1. The lowest BCUT2D eigenvalue weighted by Gasteiger charge is -2.36. The highest BCUT2D eigenvalue weighted by Gasteiger charge is 2.33. The van der Waals surface area contributed by atoms with Gasteiger partial charge in [-0.1, -0.05) is 37.3 Å². The van der Waals surface area contributed by atoms with E-state index in [-0.39, 0.29) is 6.04 Å². The maximum atomic E-state index is 6.13. The van der Waals surface area contributed by atoms with Gasteiger partial charge in [0, 0.05) is 28.4 Å². The van der Waals surface area contributed by atoms with Crippen LogP contribution in [0.4, 0.5) is 0 Å².